The van der Waals surface area contributed by atoms with Crippen LogP contribution in [0.2, 0.25) is 0 Å². The van der Waals surface area contributed by atoms with Gasteiger partial charge in [-0.05, 0) is 85.2 Å². The quantitative estimate of drug-likeness (QED) is 0.313. The largest absolute Gasteiger partial charge is 0.242 e. The molecule has 0 bridgehead atoms. The standard InChI is InChI=1S/C34H52NOPS/c1-33(2,3)27-24-22-26(23-25-27)32(35(7)38(36)34(4,5)6)30-20-14-15-21-31(30)37(28-16-10-8-11-17-28)29-18-12-9-13-19-29/h14-15,20-25,28-29,32H,8-13,16-19H2,1-7H3/t32-,38-/m1/s1. The fourth-order valence-electron chi connectivity index (χ4n) is 6.64. The van der Waals surface area contributed by atoms with E-state index in [-0.39, 0.29) is 24.1 Å². The van der Waals surface area contributed by atoms with Gasteiger partial charge in [0.2, 0.25) is 0 Å². The van der Waals surface area contributed by atoms with Crippen LogP contribution < -0.4 is 5.30 Å². The van der Waals surface area contributed by atoms with Crippen molar-refractivity contribution >= 4 is 24.2 Å². The highest BCUT2D eigenvalue weighted by Gasteiger charge is 2.37. The zero-order valence-corrected chi connectivity index (χ0v) is 26.8. The summed E-state index contributed by atoms with van der Waals surface area (Å²) in [6.45, 7) is 13.1. The van der Waals surface area contributed by atoms with Gasteiger partial charge in [-0.25, -0.2) is 8.51 Å². The molecule has 0 aromatic heterocycles. The summed E-state index contributed by atoms with van der Waals surface area (Å²) in [4.78, 5) is 0. The van der Waals surface area contributed by atoms with Crippen molar-refractivity contribution in [2.24, 2.45) is 0 Å². The van der Waals surface area contributed by atoms with Crippen molar-refractivity contribution in [2.75, 3.05) is 7.05 Å². The van der Waals surface area contributed by atoms with Gasteiger partial charge in [0, 0.05) is 7.05 Å². The third-order valence-corrected chi connectivity index (χ3v) is 14.0. The summed E-state index contributed by atoms with van der Waals surface area (Å²) in [7, 11) is 0.703. The third kappa shape index (κ3) is 7.00. The van der Waals surface area contributed by atoms with Crippen molar-refractivity contribution in [1.82, 2.24) is 4.31 Å². The van der Waals surface area contributed by atoms with Gasteiger partial charge in [0.05, 0.1) is 10.8 Å². The second-order valence-corrected chi connectivity index (χ2v) is 18.8. The predicted molar refractivity (Wildman–Crippen MR) is 169 cm³/mol. The van der Waals surface area contributed by atoms with E-state index in [4.69, 9.17) is 0 Å². The monoisotopic (exact) mass is 553 g/mol. The van der Waals surface area contributed by atoms with Crippen molar-refractivity contribution in [3.05, 3.63) is 65.2 Å². The topological polar surface area (TPSA) is 20.3 Å². The highest BCUT2D eigenvalue weighted by molar-refractivity contribution is 7.84. The summed E-state index contributed by atoms with van der Waals surface area (Å²) < 4.78 is 15.8. The molecule has 2 nitrogen and oxygen atoms in total. The molecule has 0 radical (unpaired) electrons. The zero-order chi connectivity index (χ0) is 27.5. The van der Waals surface area contributed by atoms with Crippen LogP contribution in [-0.2, 0) is 16.4 Å². The molecule has 2 aliphatic rings. The van der Waals surface area contributed by atoms with Gasteiger partial charge in [-0.2, -0.15) is 0 Å². The van der Waals surface area contributed by atoms with Crippen molar-refractivity contribution in [1.29, 1.82) is 0 Å². The smallest absolute Gasteiger partial charge is 0.100 e. The molecule has 210 valence electrons. The highest BCUT2D eigenvalue weighted by Crippen LogP contribution is 2.56. The summed E-state index contributed by atoms with van der Waals surface area (Å²) in [6, 6.07) is 18.5. The summed E-state index contributed by atoms with van der Waals surface area (Å²) in [5.41, 5.74) is 5.80. The van der Waals surface area contributed by atoms with Crippen molar-refractivity contribution in [2.45, 2.75) is 133 Å². The molecule has 2 aromatic carbocycles. The van der Waals surface area contributed by atoms with E-state index in [1.54, 1.807) is 5.30 Å². The Hall–Kier alpha value is -1.02. The molecule has 0 saturated heterocycles. The number of hydrogen-bond donors (Lipinski definition) is 0. The summed E-state index contributed by atoms with van der Waals surface area (Å²) in [6.07, 6.45) is 14.0. The number of hydrogen-bond acceptors (Lipinski definition) is 1. The SMILES string of the molecule is CN([C@H](c1ccc(C(C)(C)C)cc1)c1ccccc1P(C1CCCCC1)C1CCCCC1)[S@](=O)C(C)(C)C. The van der Waals surface area contributed by atoms with E-state index in [2.05, 4.69) is 101 Å². The Kier molecular flexibility index (Phi) is 9.97. The van der Waals surface area contributed by atoms with Gasteiger partial charge >= 0.3 is 0 Å². The van der Waals surface area contributed by atoms with Crippen molar-refractivity contribution in [3.8, 4) is 0 Å². The third-order valence-electron chi connectivity index (χ3n) is 8.69. The molecule has 0 N–H and O–H groups in total. The minimum absolute atomic E-state index is 0.0162. The molecule has 0 amide bonds. The first-order valence-corrected chi connectivity index (χ1v) is 17.7. The number of nitrogens with zero attached hydrogens (tertiary/aromatic N) is 1. The van der Waals surface area contributed by atoms with E-state index < -0.39 is 11.0 Å². The van der Waals surface area contributed by atoms with Gasteiger partial charge in [0.1, 0.15) is 11.0 Å². The maximum Gasteiger partial charge on any atom is 0.100 e. The molecule has 2 aromatic rings. The van der Waals surface area contributed by atoms with E-state index in [9.17, 15) is 4.21 Å². The maximum absolute atomic E-state index is 13.9. The van der Waals surface area contributed by atoms with E-state index in [1.165, 1.54) is 80.9 Å². The van der Waals surface area contributed by atoms with Gasteiger partial charge in [-0.15, -0.1) is 0 Å². The molecule has 4 rings (SSSR count). The summed E-state index contributed by atoms with van der Waals surface area (Å²) >= 11 is 0. The van der Waals surface area contributed by atoms with Gasteiger partial charge in [-0.1, -0.05) is 116 Å². The van der Waals surface area contributed by atoms with Crippen LogP contribution in [0.4, 0.5) is 0 Å². The molecule has 2 atom stereocenters. The molecular formula is C34H52NOPS. The molecular weight excluding hydrogens is 501 g/mol. The molecule has 0 unspecified atom stereocenters. The highest BCUT2D eigenvalue weighted by atomic mass is 32.2. The average Bonchev–Trinajstić information content (AvgIpc) is 2.90. The lowest BCUT2D eigenvalue weighted by Crippen LogP contribution is -2.39. The molecule has 0 aliphatic heterocycles. The maximum atomic E-state index is 13.9. The van der Waals surface area contributed by atoms with Gasteiger partial charge < -0.3 is 0 Å². The van der Waals surface area contributed by atoms with Crippen LogP contribution >= 0.6 is 7.92 Å². The Labute approximate surface area is 237 Å². The number of rotatable bonds is 7. The fraction of sp³-hybridized carbons (Fsp3) is 0.647. The van der Waals surface area contributed by atoms with Crippen LogP contribution in [0.15, 0.2) is 48.5 Å². The lowest BCUT2D eigenvalue weighted by Gasteiger charge is -2.41. The first-order chi connectivity index (χ1) is 18.0. The molecule has 2 aliphatic carbocycles. The van der Waals surface area contributed by atoms with E-state index in [0.717, 1.165) is 11.3 Å². The van der Waals surface area contributed by atoms with Crippen LogP contribution in [-0.4, -0.2) is 31.6 Å². The first kappa shape index (κ1) is 30.0. The second kappa shape index (κ2) is 12.7. The van der Waals surface area contributed by atoms with Crippen LogP contribution in [0.5, 0.6) is 0 Å². The zero-order valence-electron chi connectivity index (χ0n) is 25.1. The predicted octanol–water partition coefficient (Wildman–Crippen LogP) is 9.24. The van der Waals surface area contributed by atoms with Crippen LogP contribution in [0.25, 0.3) is 0 Å². The average molecular weight is 554 g/mol. The van der Waals surface area contributed by atoms with Gasteiger partial charge in [0.25, 0.3) is 0 Å². The number of benzene rings is 2. The van der Waals surface area contributed by atoms with E-state index >= 15 is 0 Å². The van der Waals surface area contributed by atoms with E-state index in [1.807, 2.05) is 0 Å². The Morgan fingerprint density at radius 2 is 1.26 bits per heavy atom. The van der Waals surface area contributed by atoms with E-state index in [0.29, 0.717) is 0 Å². The van der Waals surface area contributed by atoms with Crippen LogP contribution in [0.3, 0.4) is 0 Å². The Bertz CT molecular complexity index is 1040. The Balaban J connectivity index is 1.84. The van der Waals surface area contributed by atoms with Crippen LogP contribution in [0.1, 0.15) is 128 Å². The fourth-order valence-corrected chi connectivity index (χ4v) is 11.9. The molecule has 2 fully saturated rings. The van der Waals surface area contributed by atoms with Gasteiger partial charge in [-0.3, -0.25) is 0 Å². The molecule has 0 heterocycles. The molecule has 0 spiro atoms. The van der Waals surface area contributed by atoms with Crippen molar-refractivity contribution < 1.29 is 4.21 Å². The van der Waals surface area contributed by atoms with Crippen LogP contribution in [0, 0.1) is 0 Å². The molecule has 2 saturated carbocycles. The minimum atomic E-state index is -1.13. The Morgan fingerprint density at radius 3 is 1.74 bits per heavy atom. The summed E-state index contributed by atoms with van der Waals surface area (Å²) in [5.74, 6) is 0. The lowest BCUT2D eigenvalue weighted by molar-refractivity contribution is 0.440. The normalized spacial score (nSPS) is 20.1. The lowest BCUT2D eigenvalue weighted by atomic mass is 9.86. The molecule has 4 heteroatoms. The Morgan fingerprint density at radius 1 is 0.763 bits per heavy atom. The second-order valence-electron chi connectivity index (χ2n) is 13.7. The molecule has 38 heavy (non-hydrogen) atoms. The summed E-state index contributed by atoms with van der Waals surface area (Å²) in [5, 5.41) is 1.60. The van der Waals surface area contributed by atoms with Crippen molar-refractivity contribution in [3.63, 3.8) is 0 Å². The van der Waals surface area contributed by atoms with Gasteiger partial charge in [0.15, 0.2) is 0 Å². The minimum Gasteiger partial charge on any atom is -0.242 e. The first-order valence-electron chi connectivity index (χ1n) is 15.1.